The summed E-state index contributed by atoms with van der Waals surface area (Å²) in [6, 6.07) is 17.4. The van der Waals surface area contributed by atoms with Crippen LogP contribution in [-0.4, -0.2) is 27.9 Å². The third kappa shape index (κ3) is 5.07. The summed E-state index contributed by atoms with van der Waals surface area (Å²) in [7, 11) is 0. The van der Waals surface area contributed by atoms with E-state index >= 15 is 0 Å². The zero-order valence-electron chi connectivity index (χ0n) is 14.1. The molecule has 134 valence electrons. The summed E-state index contributed by atoms with van der Waals surface area (Å²) in [4.78, 5) is 14.7. The van der Waals surface area contributed by atoms with Gasteiger partial charge in [0, 0.05) is 18.5 Å². The standard InChI is InChI=1S/C19H19N3O4/c23-19(24)20-12-4-7-17-21-18(22-26-17)15-8-10-16(11-9-15)25-13-14-5-2-1-3-6-14/h1-3,5-6,8-11,20H,4,7,12-13H2,(H,23,24). The molecule has 0 atom stereocenters. The smallest absolute Gasteiger partial charge is 0.404 e. The molecule has 0 saturated heterocycles. The molecule has 3 aromatic rings. The van der Waals surface area contributed by atoms with Gasteiger partial charge in [0.05, 0.1) is 0 Å². The second kappa shape index (κ2) is 8.66. The van der Waals surface area contributed by atoms with Gasteiger partial charge in [0.2, 0.25) is 11.7 Å². The summed E-state index contributed by atoms with van der Waals surface area (Å²) < 4.78 is 10.9. The van der Waals surface area contributed by atoms with Crippen molar-refractivity contribution in [3.63, 3.8) is 0 Å². The molecule has 2 aromatic carbocycles. The van der Waals surface area contributed by atoms with Gasteiger partial charge in [-0.1, -0.05) is 35.5 Å². The second-order valence-electron chi connectivity index (χ2n) is 5.65. The van der Waals surface area contributed by atoms with Gasteiger partial charge in [-0.15, -0.1) is 0 Å². The van der Waals surface area contributed by atoms with Gasteiger partial charge in [-0.2, -0.15) is 4.98 Å². The van der Waals surface area contributed by atoms with Crippen molar-refractivity contribution in [3.8, 4) is 17.1 Å². The van der Waals surface area contributed by atoms with Crippen molar-refractivity contribution < 1.29 is 19.2 Å². The molecule has 0 bridgehead atoms. The highest BCUT2D eigenvalue weighted by Crippen LogP contribution is 2.21. The zero-order valence-corrected chi connectivity index (χ0v) is 14.1. The van der Waals surface area contributed by atoms with E-state index in [2.05, 4.69) is 15.5 Å². The van der Waals surface area contributed by atoms with Gasteiger partial charge in [-0.3, -0.25) is 0 Å². The Hall–Kier alpha value is -3.35. The number of hydrogen-bond acceptors (Lipinski definition) is 5. The van der Waals surface area contributed by atoms with E-state index in [1.165, 1.54) is 0 Å². The monoisotopic (exact) mass is 353 g/mol. The Morgan fingerprint density at radius 2 is 1.88 bits per heavy atom. The molecule has 26 heavy (non-hydrogen) atoms. The number of hydrogen-bond donors (Lipinski definition) is 2. The number of aromatic nitrogens is 2. The molecule has 0 unspecified atom stereocenters. The number of ether oxygens (including phenoxy) is 1. The van der Waals surface area contributed by atoms with Gasteiger partial charge >= 0.3 is 6.09 Å². The Morgan fingerprint density at radius 1 is 1.12 bits per heavy atom. The third-order valence-corrected chi connectivity index (χ3v) is 3.67. The average Bonchev–Trinajstić information content (AvgIpc) is 3.14. The maximum absolute atomic E-state index is 10.4. The number of amides is 1. The van der Waals surface area contributed by atoms with Crippen molar-refractivity contribution in [2.75, 3.05) is 6.54 Å². The molecule has 3 rings (SSSR count). The van der Waals surface area contributed by atoms with Crippen molar-refractivity contribution >= 4 is 6.09 Å². The van der Waals surface area contributed by atoms with Crippen LogP contribution in [0.5, 0.6) is 5.75 Å². The largest absolute Gasteiger partial charge is 0.489 e. The van der Waals surface area contributed by atoms with Gasteiger partial charge in [0.1, 0.15) is 12.4 Å². The summed E-state index contributed by atoms with van der Waals surface area (Å²) >= 11 is 0. The number of benzene rings is 2. The lowest BCUT2D eigenvalue weighted by Crippen LogP contribution is -2.22. The lowest BCUT2D eigenvalue weighted by Gasteiger charge is -2.06. The first-order chi connectivity index (χ1) is 12.7. The quantitative estimate of drug-likeness (QED) is 0.601. The van der Waals surface area contributed by atoms with E-state index in [4.69, 9.17) is 14.4 Å². The summed E-state index contributed by atoms with van der Waals surface area (Å²) in [5, 5.41) is 14.8. The van der Waals surface area contributed by atoms with Gasteiger partial charge < -0.3 is 19.7 Å². The van der Waals surface area contributed by atoms with Crippen LogP contribution in [-0.2, 0) is 13.0 Å². The first-order valence-electron chi connectivity index (χ1n) is 8.27. The first kappa shape index (κ1) is 17.5. The molecule has 0 radical (unpaired) electrons. The fraction of sp³-hybridized carbons (Fsp3) is 0.211. The van der Waals surface area contributed by atoms with Gasteiger partial charge in [0.15, 0.2) is 0 Å². The van der Waals surface area contributed by atoms with Crippen molar-refractivity contribution in [1.82, 2.24) is 15.5 Å². The zero-order chi connectivity index (χ0) is 18.2. The molecular weight excluding hydrogens is 334 g/mol. The van der Waals surface area contributed by atoms with Crippen LogP contribution in [0.3, 0.4) is 0 Å². The highest BCUT2D eigenvalue weighted by molar-refractivity contribution is 5.64. The van der Waals surface area contributed by atoms with Crippen LogP contribution < -0.4 is 10.1 Å². The molecule has 0 aliphatic carbocycles. The normalized spacial score (nSPS) is 10.5. The molecule has 7 nitrogen and oxygen atoms in total. The second-order valence-corrected chi connectivity index (χ2v) is 5.65. The topological polar surface area (TPSA) is 97.5 Å². The van der Waals surface area contributed by atoms with Gasteiger partial charge in [-0.05, 0) is 36.2 Å². The predicted octanol–water partition coefficient (Wildman–Crippen LogP) is 3.52. The predicted molar refractivity (Wildman–Crippen MR) is 94.9 cm³/mol. The lowest BCUT2D eigenvalue weighted by molar-refractivity contribution is 0.194. The van der Waals surface area contributed by atoms with Crippen molar-refractivity contribution in [2.24, 2.45) is 0 Å². The van der Waals surface area contributed by atoms with Crippen LogP contribution in [0.25, 0.3) is 11.4 Å². The van der Waals surface area contributed by atoms with Crippen LogP contribution in [0, 0.1) is 0 Å². The van der Waals surface area contributed by atoms with Crippen LogP contribution in [0.4, 0.5) is 4.79 Å². The van der Waals surface area contributed by atoms with Crippen LogP contribution >= 0.6 is 0 Å². The highest BCUT2D eigenvalue weighted by Gasteiger charge is 2.09. The van der Waals surface area contributed by atoms with E-state index in [0.29, 0.717) is 37.7 Å². The third-order valence-electron chi connectivity index (χ3n) is 3.67. The minimum atomic E-state index is -1.04. The fourth-order valence-corrected chi connectivity index (χ4v) is 2.35. The van der Waals surface area contributed by atoms with E-state index in [9.17, 15) is 4.79 Å². The molecule has 1 aromatic heterocycles. The molecule has 0 spiro atoms. The number of rotatable bonds is 8. The summed E-state index contributed by atoms with van der Waals surface area (Å²) in [6.45, 7) is 0.859. The van der Waals surface area contributed by atoms with Gasteiger partial charge in [0.25, 0.3) is 0 Å². The van der Waals surface area contributed by atoms with E-state index in [1.54, 1.807) is 0 Å². The molecule has 7 heteroatoms. The molecule has 0 fully saturated rings. The maximum Gasteiger partial charge on any atom is 0.404 e. The van der Waals surface area contributed by atoms with Crippen LogP contribution in [0.1, 0.15) is 17.9 Å². The number of carboxylic acid groups (broad SMARTS) is 1. The number of nitrogens with zero attached hydrogens (tertiary/aromatic N) is 2. The maximum atomic E-state index is 10.4. The van der Waals surface area contributed by atoms with Crippen LogP contribution in [0.2, 0.25) is 0 Å². The first-order valence-corrected chi connectivity index (χ1v) is 8.27. The molecule has 0 aliphatic rings. The number of carbonyl (C=O) groups is 1. The fourth-order valence-electron chi connectivity index (χ4n) is 2.35. The molecule has 0 aliphatic heterocycles. The molecule has 1 heterocycles. The van der Waals surface area contributed by atoms with Crippen molar-refractivity contribution in [2.45, 2.75) is 19.4 Å². The number of nitrogens with one attached hydrogen (secondary N) is 1. The van der Waals surface area contributed by atoms with E-state index < -0.39 is 6.09 Å². The average molecular weight is 353 g/mol. The summed E-state index contributed by atoms with van der Waals surface area (Å²) in [5.41, 5.74) is 1.94. The molecule has 1 amide bonds. The van der Waals surface area contributed by atoms with Crippen LogP contribution in [0.15, 0.2) is 59.1 Å². The lowest BCUT2D eigenvalue weighted by atomic mass is 10.2. The Labute approximate surface area is 150 Å². The summed E-state index contributed by atoms with van der Waals surface area (Å²) in [6.07, 6.45) is 0.0805. The summed E-state index contributed by atoms with van der Waals surface area (Å²) in [5.74, 6) is 1.75. The van der Waals surface area contributed by atoms with Crippen molar-refractivity contribution in [3.05, 3.63) is 66.1 Å². The SMILES string of the molecule is O=C(O)NCCCc1nc(-c2ccc(OCc3ccccc3)cc2)no1. The Morgan fingerprint density at radius 3 is 2.62 bits per heavy atom. The minimum absolute atomic E-state index is 0.348. The van der Waals surface area contributed by atoms with E-state index in [1.807, 2.05) is 54.6 Å². The minimum Gasteiger partial charge on any atom is -0.489 e. The molecule has 2 N–H and O–H groups in total. The van der Waals surface area contributed by atoms with Gasteiger partial charge in [-0.25, -0.2) is 4.79 Å². The molecular formula is C19H19N3O4. The highest BCUT2D eigenvalue weighted by atomic mass is 16.5. The van der Waals surface area contributed by atoms with E-state index in [0.717, 1.165) is 16.9 Å². The van der Waals surface area contributed by atoms with E-state index in [-0.39, 0.29) is 0 Å². The Balaban J connectivity index is 1.52. The Bertz CT molecular complexity index is 832. The number of aryl methyl sites for hydroxylation is 1. The Kier molecular flexibility index (Phi) is 5.82. The molecule has 0 saturated carbocycles. The van der Waals surface area contributed by atoms with Crippen molar-refractivity contribution in [1.29, 1.82) is 0 Å².